The lowest BCUT2D eigenvalue weighted by atomic mass is 10.4. The zero-order valence-electron chi connectivity index (χ0n) is 9.02. The van der Waals surface area contributed by atoms with Gasteiger partial charge in [0.2, 0.25) is 0 Å². The second-order valence-corrected chi connectivity index (χ2v) is 4.35. The molecule has 0 saturated heterocycles. The molecule has 2 N–H and O–H groups in total. The van der Waals surface area contributed by atoms with E-state index in [0.717, 1.165) is 11.3 Å². The third-order valence-corrected chi connectivity index (χ3v) is 2.52. The maximum absolute atomic E-state index is 11.2. The summed E-state index contributed by atoms with van der Waals surface area (Å²) in [6, 6.07) is 1.58. The van der Waals surface area contributed by atoms with E-state index in [1.165, 1.54) is 6.07 Å². The second kappa shape index (κ2) is 5.50. The zero-order chi connectivity index (χ0) is 12.1. The van der Waals surface area contributed by atoms with Crippen LogP contribution in [0.1, 0.15) is 23.5 Å². The number of hydrogen-bond donors (Lipinski definition) is 2. The van der Waals surface area contributed by atoms with Crippen LogP contribution in [0.4, 0.5) is 0 Å². The molecule has 0 aromatic carbocycles. The van der Waals surface area contributed by atoms with Crippen LogP contribution in [0.5, 0.6) is 5.75 Å². The topological polar surface area (TPSA) is 75.6 Å². The van der Waals surface area contributed by atoms with Crippen LogP contribution in [-0.4, -0.2) is 29.6 Å². The molecular formula is C10H13NO4S. The molecule has 1 amide bonds. The number of rotatable bonds is 5. The van der Waals surface area contributed by atoms with Crippen LogP contribution in [-0.2, 0) is 4.79 Å². The highest BCUT2D eigenvalue weighted by molar-refractivity contribution is 7.12. The number of nitrogens with one attached hydrogen (secondary N) is 1. The van der Waals surface area contributed by atoms with Crippen molar-refractivity contribution in [3.05, 3.63) is 16.3 Å². The van der Waals surface area contributed by atoms with Crippen molar-refractivity contribution in [3.8, 4) is 5.75 Å². The van der Waals surface area contributed by atoms with E-state index in [9.17, 15) is 9.59 Å². The molecule has 0 unspecified atom stereocenters. The molecule has 0 saturated carbocycles. The quantitative estimate of drug-likeness (QED) is 0.818. The molecule has 0 atom stereocenters. The van der Waals surface area contributed by atoms with Gasteiger partial charge in [-0.2, -0.15) is 0 Å². The summed E-state index contributed by atoms with van der Waals surface area (Å²) in [4.78, 5) is 22.1. The molecule has 1 aromatic rings. The average molecular weight is 243 g/mol. The molecular weight excluding hydrogens is 230 g/mol. The van der Waals surface area contributed by atoms with Crippen LogP contribution in [0, 0.1) is 0 Å². The van der Waals surface area contributed by atoms with Gasteiger partial charge in [0.25, 0.3) is 5.91 Å². The third kappa shape index (κ3) is 3.54. The molecule has 0 radical (unpaired) electrons. The second-order valence-electron chi connectivity index (χ2n) is 3.43. The van der Waals surface area contributed by atoms with E-state index >= 15 is 0 Å². The highest BCUT2D eigenvalue weighted by Crippen LogP contribution is 2.24. The fraction of sp³-hybridized carbons (Fsp3) is 0.400. The Hall–Kier alpha value is -1.56. The maximum Gasteiger partial charge on any atom is 0.349 e. The fourth-order valence-corrected chi connectivity index (χ4v) is 1.75. The van der Waals surface area contributed by atoms with E-state index in [-0.39, 0.29) is 29.2 Å². The van der Waals surface area contributed by atoms with Crippen molar-refractivity contribution in [2.75, 3.05) is 6.61 Å². The van der Waals surface area contributed by atoms with Crippen LogP contribution in [0.3, 0.4) is 0 Å². The van der Waals surface area contributed by atoms with Gasteiger partial charge in [0.15, 0.2) is 11.5 Å². The number of thiophene rings is 1. The van der Waals surface area contributed by atoms with Gasteiger partial charge in [0.1, 0.15) is 5.75 Å². The minimum Gasteiger partial charge on any atom is -0.482 e. The van der Waals surface area contributed by atoms with E-state index < -0.39 is 5.97 Å². The summed E-state index contributed by atoms with van der Waals surface area (Å²) in [7, 11) is 0. The van der Waals surface area contributed by atoms with Crippen molar-refractivity contribution in [3.63, 3.8) is 0 Å². The molecule has 6 heteroatoms. The molecule has 0 bridgehead atoms. The van der Waals surface area contributed by atoms with Crippen molar-refractivity contribution < 1.29 is 19.4 Å². The van der Waals surface area contributed by atoms with Gasteiger partial charge in [-0.25, -0.2) is 4.79 Å². The van der Waals surface area contributed by atoms with E-state index in [1.54, 1.807) is 5.38 Å². The largest absolute Gasteiger partial charge is 0.482 e. The molecule has 88 valence electrons. The number of carboxylic acid groups (broad SMARTS) is 1. The monoisotopic (exact) mass is 243 g/mol. The molecule has 5 nitrogen and oxygen atoms in total. The van der Waals surface area contributed by atoms with Gasteiger partial charge < -0.3 is 15.2 Å². The first kappa shape index (κ1) is 12.5. The Labute approximate surface area is 97.0 Å². The molecule has 1 rings (SSSR count). The van der Waals surface area contributed by atoms with E-state index in [1.807, 2.05) is 13.8 Å². The molecule has 0 aliphatic carbocycles. The fourth-order valence-electron chi connectivity index (χ4n) is 1.07. The van der Waals surface area contributed by atoms with E-state index in [0.29, 0.717) is 0 Å². The summed E-state index contributed by atoms with van der Waals surface area (Å²) < 4.78 is 5.12. The maximum atomic E-state index is 11.2. The lowest BCUT2D eigenvalue weighted by molar-refractivity contribution is -0.123. The van der Waals surface area contributed by atoms with E-state index in [4.69, 9.17) is 9.84 Å². The predicted molar refractivity (Wildman–Crippen MR) is 60.1 cm³/mol. The third-order valence-electron chi connectivity index (χ3n) is 1.63. The van der Waals surface area contributed by atoms with Crippen molar-refractivity contribution >= 4 is 23.2 Å². The Kier molecular flexibility index (Phi) is 4.30. The number of carboxylic acids is 1. The molecule has 0 aliphatic heterocycles. The van der Waals surface area contributed by atoms with Crippen molar-refractivity contribution in [1.82, 2.24) is 5.32 Å². The van der Waals surface area contributed by atoms with Gasteiger partial charge in [-0.1, -0.05) is 0 Å². The Morgan fingerprint density at radius 1 is 1.56 bits per heavy atom. The van der Waals surface area contributed by atoms with Gasteiger partial charge in [-0.05, 0) is 25.3 Å². The Bertz CT molecular complexity index is 386. The smallest absolute Gasteiger partial charge is 0.349 e. The number of hydrogen-bond acceptors (Lipinski definition) is 4. The molecule has 0 aliphatic rings. The Morgan fingerprint density at radius 3 is 2.81 bits per heavy atom. The molecule has 1 aromatic heterocycles. The number of amides is 1. The van der Waals surface area contributed by atoms with Crippen LogP contribution < -0.4 is 10.1 Å². The van der Waals surface area contributed by atoms with Crippen molar-refractivity contribution in [2.45, 2.75) is 19.9 Å². The van der Waals surface area contributed by atoms with Gasteiger partial charge >= 0.3 is 5.97 Å². The van der Waals surface area contributed by atoms with Crippen LogP contribution in [0.15, 0.2) is 11.4 Å². The lowest BCUT2D eigenvalue weighted by Crippen LogP contribution is -2.34. The normalized spacial score (nSPS) is 10.2. The SMILES string of the molecule is CC(C)NC(=O)COc1ccsc1C(=O)O. The summed E-state index contributed by atoms with van der Waals surface area (Å²) in [5.74, 6) is -1.08. The Balaban J connectivity index is 2.51. The van der Waals surface area contributed by atoms with Crippen molar-refractivity contribution in [2.24, 2.45) is 0 Å². The molecule has 1 heterocycles. The van der Waals surface area contributed by atoms with Crippen molar-refractivity contribution in [1.29, 1.82) is 0 Å². The molecule has 16 heavy (non-hydrogen) atoms. The standard InChI is InChI=1S/C10H13NO4S/c1-6(2)11-8(12)5-15-7-3-4-16-9(7)10(13)14/h3-4,6H,5H2,1-2H3,(H,11,12)(H,13,14). The highest BCUT2D eigenvalue weighted by Gasteiger charge is 2.14. The summed E-state index contributed by atoms with van der Waals surface area (Å²) >= 11 is 1.07. The number of ether oxygens (including phenoxy) is 1. The first-order valence-corrected chi connectivity index (χ1v) is 5.61. The highest BCUT2D eigenvalue weighted by atomic mass is 32.1. The van der Waals surface area contributed by atoms with Crippen LogP contribution in [0.25, 0.3) is 0 Å². The van der Waals surface area contributed by atoms with Crippen LogP contribution >= 0.6 is 11.3 Å². The number of carbonyl (C=O) groups is 2. The van der Waals surface area contributed by atoms with Gasteiger partial charge in [-0.15, -0.1) is 11.3 Å². The first-order valence-electron chi connectivity index (χ1n) is 4.73. The molecule has 0 spiro atoms. The summed E-state index contributed by atoms with van der Waals surface area (Å²) in [5, 5.41) is 13.1. The average Bonchev–Trinajstić information content (AvgIpc) is 2.61. The van der Waals surface area contributed by atoms with Gasteiger partial charge in [0, 0.05) is 6.04 Å². The van der Waals surface area contributed by atoms with Crippen LogP contribution in [0.2, 0.25) is 0 Å². The summed E-state index contributed by atoms with van der Waals surface area (Å²) in [6.45, 7) is 3.51. The van der Waals surface area contributed by atoms with Gasteiger partial charge in [0.05, 0.1) is 0 Å². The Morgan fingerprint density at radius 2 is 2.25 bits per heavy atom. The predicted octanol–water partition coefficient (Wildman–Crippen LogP) is 1.35. The van der Waals surface area contributed by atoms with Gasteiger partial charge in [-0.3, -0.25) is 4.79 Å². The number of carbonyl (C=O) groups excluding carboxylic acids is 1. The minimum atomic E-state index is -1.05. The molecule has 0 fully saturated rings. The van der Waals surface area contributed by atoms with E-state index in [2.05, 4.69) is 5.32 Å². The summed E-state index contributed by atoms with van der Waals surface area (Å²) in [6.07, 6.45) is 0. The number of aromatic carboxylic acids is 1. The first-order chi connectivity index (χ1) is 7.50. The minimum absolute atomic E-state index is 0.0394. The summed E-state index contributed by atoms with van der Waals surface area (Å²) in [5.41, 5.74) is 0. The zero-order valence-corrected chi connectivity index (χ0v) is 9.84. The lowest BCUT2D eigenvalue weighted by Gasteiger charge is -2.09.